The molecule has 1 aliphatic heterocycles. The van der Waals surface area contributed by atoms with E-state index in [0.717, 1.165) is 25.7 Å². The molecule has 2 N–H and O–H groups in total. The number of anilines is 1. The summed E-state index contributed by atoms with van der Waals surface area (Å²) in [6, 6.07) is 4.12. The number of carbonyl (C=O) groups excluding carboxylic acids is 1. The number of likely N-dealkylation sites (tertiary alicyclic amines) is 1. The number of rotatable bonds is 2. The molecule has 0 unspecified atom stereocenters. The van der Waals surface area contributed by atoms with Crippen LogP contribution >= 0.6 is 0 Å². The largest absolute Gasteiger partial charge is 0.488 e. The summed E-state index contributed by atoms with van der Waals surface area (Å²) in [7, 11) is 0. The van der Waals surface area contributed by atoms with Crippen LogP contribution in [0.3, 0.4) is 0 Å². The quantitative estimate of drug-likeness (QED) is 0.836. The maximum atomic E-state index is 13.3. The average molecular weight is 336 g/mol. The Morgan fingerprint density at radius 2 is 2.08 bits per heavy atom. The SMILES string of the molecule is CC(C)(C)OC(=O)N1CCCC12CC(Oc1cc(F)ccc1N)C2. The highest BCUT2D eigenvalue weighted by atomic mass is 19.1. The van der Waals surface area contributed by atoms with Gasteiger partial charge in [-0.3, -0.25) is 0 Å². The number of benzene rings is 1. The minimum absolute atomic E-state index is 0.0582. The predicted molar refractivity (Wildman–Crippen MR) is 89.4 cm³/mol. The highest BCUT2D eigenvalue weighted by molar-refractivity contribution is 5.70. The Hall–Kier alpha value is -1.98. The van der Waals surface area contributed by atoms with Crippen LogP contribution in [-0.4, -0.2) is 34.8 Å². The number of nitrogens with two attached hydrogens (primary N) is 1. The molecule has 132 valence electrons. The third-order valence-corrected chi connectivity index (χ3v) is 4.69. The molecular formula is C18H25FN2O3. The lowest BCUT2D eigenvalue weighted by Crippen LogP contribution is -2.60. The molecule has 3 rings (SSSR count). The first-order valence-electron chi connectivity index (χ1n) is 8.41. The molecule has 1 saturated carbocycles. The molecule has 0 bridgehead atoms. The zero-order valence-electron chi connectivity index (χ0n) is 14.5. The normalized spacial score (nSPS) is 26.3. The number of halogens is 1. The van der Waals surface area contributed by atoms with Crippen molar-refractivity contribution in [3.05, 3.63) is 24.0 Å². The van der Waals surface area contributed by atoms with Gasteiger partial charge in [-0.25, -0.2) is 9.18 Å². The summed E-state index contributed by atoms with van der Waals surface area (Å²) in [5.41, 5.74) is 5.57. The smallest absolute Gasteiger partial charge is 0.410 e. The fraction of sp³-hybridized carbons (Fsp3) is 0.611. The summed E-state index contributed by atoms with van der Waals surface area (Å²) in [5.74, 6) is 0.00106. The second kappa shape index (κ2) is 5.83. The standard InChI is InChI=1S/C18H25FN2O3/c1-17(2,3)24-16(22)21-8-4-7-18(21)10-13(11-18)23-15-9-12(19)5-6-14(15)20/h5-6,9,13H,4,7-8,10-11,20H2,1-3H3. The molecule has 1 spiro atoms. The van der Waals surface area contributed by atoms with Gasteiger partial charge < -0.3 is 20.1 Å². The van der Waals surface area contributed by atoms with Crippen molar-refractivity contribution < 1.29 is 18.7 Å². The van der Waals surface area contributed by atoms with Crippen LogP contribution in [0.1, 0.15) is 46.5 Å². The molecule has 0 aromatic heterocycles. The zero-order chi connectivity index (χ0) is 17.5. The van der Waals surface area contributed by atoms with Gasteiger partial charge >= 0.3 is 6.09 Å². The van der Waals surface area contributed by atoms with Gasteiger partial charge in [0.1, 0.15) is 23.3 Å². The minimum Gasteiger partial charge on any atom is -0.488 e. The predicted octanol–water partition coefficient (Wildman–Crippen LogP) is 3.72. The van der Waals surface area contributed by atoms with Crippen LogP contribution in [0.25, 0.3) is 0 Å². The van der Waals surface area contributed by atoms with E-state index in [9.17, 15) is 9.18 Å². The van der Waals surface area contributed by atoms with E-state index in [2.05, 4.69) is 0 Å². The van der Waals surface area contributed by atoms with E-state index in [1.54, 1.807) is 0 Å². The monoisotopic (exact) mass is 336 g/mol. The first-order valence-corrected chi connectivity index (χ1v) is 8.41. The van der Waals surface area contributed by atoms with E-state index in [4.69, 9.17) is 15.2 Å². The molecule has 6 heteroatoms. The molecule has 1 saturated heterocycles. The van der Waals surface area contributed by atoms with Crippen LogP contribution in [-0.2, 0) is 4.74 Å². The van der Waals surface area contributed by atoms with Crippen LogP contribution in [0.15, 0.2) is 18.2 Å². The summed E-state index contributed by atoms with van der Waals surface area (Å²) >= 11 is 0. The lowest BCUT2D eigenvalue weighted by molar-refractivity contribution is -0.0513. The molecule has 5 nitrogen and oxygen atoms in total. The fourth-order valence-corrected chi connectivity index (χ4v) is 3.63. The van der Waals surface area contributed by atoms with Crippen LogP contribution in [0.5, 0.6) is 5.75 Å². The number of hydrogen-bond donors (Lipinski definition) is 1. The van der Waals surface area contributed by atoms with E-state index >= 15 is 0 Å². The van der Waals surface area contributed by atoms with Gasteiger partial charge in [-0.05, 0) is 45.7 Å². The van der Waals surface area contributed by atoms with Crippen molar-refractivity contribution in [2.24, 2.45) is 0 Å². The van der Waals surface area contributed by atoms with Crippen LogP contribution in [0.4, 0.5) is 14.9 Å². The molecule has 24 heavy (non-hydrogen) atoms. The van der Waals surface area contributed by atoms with Gasteiger partial charge in [-0.15, -0.1) is 0 Å². The number of ether oxygens (including phenoxy) is 2. The summed E-state index contributed by atoms with van der Waals surface area (Å²) < 4.78 is 24.7. The van der Waals surface area contributed by atoms with Gasteiger partial charge in [0.2, 0.25) is 0 Å². The third kappa shape index (κ3) is 3.28. The summed E-state index contributed by atoms with van der Waals surface area (Å²) in [6.07, 6.45) is 3.05. The third-order valence-electron chi connectivity index (χ3n) is 4.69. The van der Waals surface area contributed by atoms with Crippen LogP contribution in [0.2, 0.25) is 0 Å². The molecular weight excluding hydrogens is 311 g/mol. The molecule has 1 aromatic carbocycles. The van der Waals surface area contributed by atoms with E-state index in [0.29, 0.717) is 18.0 Å². The maximum Gasteiger partial charge on any atom is 0.410 e. The molecule has 1 heterocycles. The highest BCUT2D eigenvalue weighted by Gasteiger charge is 2.54. The molecule has 1 amide bonds. The van der Waals surface area contributed by atoms with Crippen molar-refractivity contribution in [2.75, 3.05) is 12.3 Å². The van der Waals surface area contributed by atoms with Gasteiger partial charge in [0.15, 0.2) is 0 Å². The second-order valence-electron chi connectivity index (χ2n) is 7.79. The topological polar surface area (TPSA) is 64.8 Å². The number of hydrogen-bond acceptors (Lipinski definition) is 4. The molecule has 1 aliphatic carbocycles. The van der Waals surface area contributed by atoms with Crippen molar-refractivity contribution in [3.63, 3.8) is 0 Å². The Labute approximate surface area is 141 Å². The molecule has 2 fully saturated rings. The van der Waals surface area contributed by atoms with Crippen molar-refractivity contribution in [3.8, 4) is 5.75 Å². The molecule has 1 aromatic rings. The molecule has 0 atom stereocenters. The average Bonchev–Trinajstić information content (AvgIpc) is 2.85. The number of carbonyl (C=O) groups is 1. The molecule has 0 radical (unpaired) electrons. The van der Waals surface area contributed by atoms with Gasteiger partial charge in [0.25, 0.3) is 0 Å². The fourth-order valence-electron chi connectivity index (χ4n) is 3.63. The zero-order valence-corrected chi connectivity index (χ0v) is 14.5. The van der Waals surface area contributed by atoms with Gasteiger partial charge in [0.05, 0.1) is 11.2 Å². The Morgan fingerprint density at radius 1 is 1.38 bits per heavy atom. The molecule has 2 aliphatic rings. The van der Waals surface area contributed by atoms with E-state index < -0.39 is 5.60 Å². The minimum atomic E-state index is -0.503. The van der Waals surface area contributed by atoms with E-state index in [1.165, 1.54) is 18.2 Å². The number of nitrogens with zero attached hydrogens (tertiary/aromatic N) is 1. The first kappa shape index (κ1) is 16.9. The van der Waals surface area contributed by atoms with Crippen LogP contribution < -0.4 is 10.5 Å². The van der Waals surface area contributed by atoms with Gasteiger partial charge in [-0.1, -0.05) is 0 Å². The summed E-state index contributed by atoms with van der Waals surface area (Å²) in [5, 5.41) is 0. The Balaban J connectivity index is 1.63. The van der Waals surface area contributed by atoms with Crippen LogP contribution in [0, 0.1) is 5.82 Å². The van der Waals surface area contributed by atoms with E-state index in [1.807, 2.05) is 25.7 Å². The number of nitrogen functional groups attached to an aromatic ring is 1. The van der Waals surface area contributed by atoms with Crippen molar-refractivity contribution in [2.45, 2.75) is 63.7 Å². The first-order chi connectivity index (χ1) is 11.2. The second-order valence-corrected chi connectivity index (χ2v) is 7.79. The van der Waals surface area contributed by atoms with Crippen molar-refractivity contribution in [1.29, 1.82) is 0 Å². The van der Waals surface area contributed by atoms with Crippen molar-refractivity contribution >= 4 is 11.8 Å². The highest BCUT2D eigenvalue weighted by Crippen LogP contribution is 2.48. The Morgan fingerprint density at radius 3 is 2.75 bits per heavy atom. The van der Waals surface area contributed by atoms with Gasteiger partial charge in [0, 0.05) is 25.5 Å². The summed E-state index contributed by atoms with van der Waals surface area (Å²) in [6.45, 7) is 6.32. The Kier molecular flexibility index (Phi) is 4.10. The van der Waals surface area contributed by atoms with E-state index in [-0.39, 0.29) is 23.6 Å². The Bertz CT molecular complexity index is 636. The lowest BCUT2D eigenvalue weighted by atomic mass is 9.72. The summed E-state index contributed by atoms with van der Waals surface area (Å²) in [4.78, 5) is 14.3. The maximum absolute atomic E-state index is 13.3. The van der Waals surface area contributed by atoms with Crippen molar-refractivity contribution in [1.82, 2.24) is 4.90 Å². The number of amides is 1. The lowest BCUT2D eigenvalue weighted by Gasteiger charge is -2.50. The van der Waals surface area contributed by atoms with Gasteiger partial charge in [-0.2, -0.15) is 0 Å².